The van der Waals surface area contributed by atoms with Crippen molar-refractivity contribution in [3.63, 3.8) is 0 Å². The van der Waals surface area contributed by atoms with Gasteiger partial charge >= 0.3 is 0 Å². The summed E-state index contributed by atoms with van der Waals surface area (Å²) in [7, 11) is -3.77. The molecule has 0 atom stereocenters. The predicted molar refractivity (Wildman–Crippen MR) is 93.9 cm³/mol. The van der Waals surface area contributed by atoms with Gasteiger partial charge in [0.25, 0.3) is 10.0 Å². The van der Waals surface area contributed by atoms with Crippen molar-refractivity contribution >= 4 is 27.3 Å². The van der Waals surface area contributed by atoms with Gasteiger partial charge in [0.1, 0.15) is 5.75 Å². The Bertz CT molecular complexity index is 830. The number of ether oxygens (including phenoxy) is 1. The fourth-order valence-electron chi connectivity index (χ4n) is 2.17. The molecule has 2 aromatic rings. The third kappa shape index (κ3) is 4.48. The lowest BCUT2D eigenvalue weighted by atomic mass is 10.2. The second-order valence-corrected chi connectivity index (χ2v) is 6.88. The summed E-state index contributed by atoms with van der Waals surface area (Å²) in [4.78, 5) is 11.3. The zero-order chi connectivity index (χ0) is 17.7. The number of aryl methyl sites for hydroxylation is 1. The van der Waals surface area contributed by atoms with Gasteiger partial charge < -0.3 is 10.1 Å². The number of carbonyl (C=O) groups excluding carboxylic acids is 1. The second-order valence-electron chi connectivity index (χ2n) is 5.22. The normalized spacial score (nSPS) is 11.0. The van der Waals surface area contributed by atoms with E-state index in [-0.39, 0.29) is 10.8 Å². The standard InChI is InChI=1S/C17H20N2O4S/c1-4-23-16-9-7-14(8-10-16)19-24(21,22)17-11-15(18-13(3)20)6-5-12(17)2/h5-11,19H,4H2,1-3H3,(H,18,20). The molecule has 1 amide bonds. The Hall–Kier alpha value is -2.54. The number of amides is 1. The molecule has 0 saturated carbocycles. The smallest absolute Gasteiger partial charge is 0.262 e. The van der Waals surface area contributed by atoms with E-state index in [0.717, 1.165) is 0 Å². The lowest BCUT2D eigenvalue weighted by Gasteiger charge is -2.12. The number of benzene rings is 2. The Morgan fingerprint density at radius 2 is 1.71 bits per heavy atom. The molecule has 128 valence electrons. The lowest BCUT2D eigenvalue weighted by molar-refractivity contribution is -0.114. The van der Waals surface area contributed by atoms with E-state index in [1.165, 1.54) is 13.0 Å². The highest BCUT2D eigenvalue weighted by Crippen LogP contribution is 2.24. The first-order chi connectivity index (χ1) is 11.3. The maximum Gasteiger partial charge on any atom is 0.262 e. The summed E-state index contributed by atoms with van der Waals surface area (Å²) < 4.78 is 33.1. The topological polar surface area (TPSA) is 84.5 Å². The molecule has 0 unspecified atom stereocenters. The average molecular weight is 348 g/mol. The molecule has 2 aromatic carbocycles. The van der Waals surface area contributed by atoms with Crippen LogP contribution in [0.25, 0.3) is 0 Å². The maximum atomic E-state index is 12.6. The molecule has 0 heterocycles. The Morgan fingerprint density at radius 1 is 1.08 bits per heavy atom. The van der Waals surface area contributed by atoms with Crippen LogP contribution in [0.15, 0.2) is 47.4 Å². The van der Waals surface area contributed by atoms with Crippen LogP contribution in [-0.2, 0) is 14.8 Å². The largest absolute Gasteiger partial charge is 0.494 e. The molecule has 0 fully saturated rings. The Morgan fingerprint density at radius 3 is 2.29 bits per heavy atom. The Kier molecular flexibility index (Phi) is 5.46. The summed E-state index contributed by atoms with van der Waals surface area (Å²) in [5.41, 5.74) is 1.45. The SMILES string of the molecule is CCOc1ccc(NS(=O)(=O)c2cc(NC(C)=O)ccc2C)cc1. The fraction of sp³-hybridized carbons (Fsp3) is 0.235. The average Bonchev–Trinajstić information content (AvgIpc) is 2.50. The van der Waals surface area contributed by atoms with E-state index in [2.05, 4.69) is 10.0 Å². The number of rotatable bonds is 6. The summed E-state index contributed by atoms with van der Waals surface area (Å²) >= 11 is 0. The van der Waals surface area contributed by atoms with Crippen molar-refractivity contribution in [2.45, 2.75) is 25.7 Å². The van der Waals surface area contributed by atoms with Crippen LogP contribution < -0.4 is 14.8 Å². The van der Waals surface area contributed by atoms with Crippen LogP contribution in [0.1, 0.15) is 19.4 Å². The highest BCUT2D eigenvalue weighted by molar-refractivity contribution is 7.92. The van der Waals surface area contributed by atoms with Gasteiger partial charge in [-0.1, -0.05) is 6.07 Å². The van der Waals surface area contributed by atoms with E-state index < -0.39 is 10.0 Å². The minimum absolute atomic E-state index is 0.114. The van der Waals surface area contributed by atoms with Crippen LogP contribution in [0.2, 0.25) is 0 Å². The van der Waals surface area contributed by atoms with Gasteiger partial charge in [0, 0.05) is 18.3 Å². The van der Waals surface area contributed by atoms with E-state index in [1.54, 1.807) is 43.3 Å². The predicted octanol–water partition coefficient (Wildman–Crippen LogP) is 3.15. The van der Waals surface area contributed by atoms with Crippen molar-refractivity contribution in [3.05, 3.63) is 48.0 Å². The van der Waals surface area contributed by atoms with Gasteiger partial charge in [0.2, 0.25) is 5.91 Å². The van der Waals surface area contributed by atoms with E-state index in [9.17, 15) is 13.2 Å². The number of nitrogens with one attached hydrogen (secondary N) is 2. The van der Waals surface area contributed by atoms with E-state index in [4.69, 9.17) is 4.74 Å². The minimum Gasteiger partial charge on any atom is -0.494 e. The summed E-state index contributed by atoms with van der Waals surface area (Å²) in [6.07, 6.45) is 0. The first-order valence-corrected chi connectivity index (χ1v) is 8.94. The first-order valence-electron chi connectivity index (χ1n) is 7.46. The van der Waals surface area contributed by atoms with Crippen LogP contribution in [0.4, 0.5) is 11.4 Å². The Balaban J connectivity index is 2.27. The van der Waals surface area contributed by atoms with Gasteiger partial charge in [-0.2, -0.15) is 0 Å². The summed E-state index contributed by atoms with van der Waals surface area (Å²) in [6.45, 7) is 5.48. The molecule has 0 radical (unpaired) electrons. The molecular weight excluding hydrogens is 328 g/mol. The van der Waals surface area contributed by atoms with Crippen molar-refractivity contribution in [2.24, 2.45) is 0 Å². The molecule has 2 rings (SSSR count). The van der Waals surface area contributed by atoms with Crippen molar-refractivity contribution in [1.82, 2.24) is 0 Å². The highest BCUT2D eigenvalue weighted by atomic mass is 32.2. The molecule has 0 aliphatic carbocycles. The van der Waals surface area contributed by atoms with Gasteiger partial charge in [-0.3, -0.25) is 9.52 Å². The number of hydrogen-bond acceptors (Lipinski definition) is 4. The van der Waals surface area contributed by atoms with Gasteiger partial charge in [0.15, 0.2) is 0 Å². The van der Waals surface area contributed by atoms with Crippen molar-refractivity contribution in [3.8, 4) is 5.75 Å². The van der Waals surface area contributed by atoms with E-state index >= 15 is 0 Å². The highest BCUT2D eigenvalue weighted by Gasteiger charge is 2.18. The van der Waals surface area contributed by atoms with Crippen LogP contribution in [0, 0.1) is 6.92 Å². The summed E-state index contributed by atoms with van der Waals surface area (Å²) in [5, 5.41) is 2.58. The maximum absolute atomic E-state index is 12.6. The van der Waals surface area contributed by atoms with Crippen molar-refractivity contribution < 1.29 is 17.9 Å². The van der Waals surface area contributed by atoms with E-state index in [0.29, 0.717) is 29.3 Å². The molecule has 0 saturated heterocycles. The van der Waals surface area contributed by atoms with Gasteiger partial charge in [0.05, 0.1) is 11.5 Å². The molecule has 2 N–H and O–H groups in total. The van der Waals surface area contributed by atoms with Crippen LogP contribution in [0.5, 0.6) is 5.75 Å². The minimum atomic E-state index is -3.77. The number of hydrogen-bond donors (Lipinski definition) is 2. The van der Waals surface area contributed by atoms with Gasteiger partial charge in [-0.15, -0.1) is 0 Å². The molecule has 24 heavy (non-hydrogen) atoms. The van der Waals surface area contributed by atoms with Gasteiger partial charge in [-0.05, 0) is 55.8 Å². The number of carbonyl (C=O) groups is 1. The quantitative estimate of drug-likeness (QED) is 0.840. The summed E-state index contributed by atoms with van der Waals surface area (Å²) in [6, 6.07) is 11.4. The molecule has 0 aliphatic heterocycles. The van der Waals surface area contributed by atoms with E-state index in [1.807, 2.05) is 6.92 Å². The first kappa shape index (κ1) is 17.8. The molecule has 0 spiro atoms. The molecule has 6 nitrogen and oxygen atoms in total. The third-order valence-electron chi connectivity index (χ3n) is 3.22. The zero-order valence-corrected chi connectivity index (χ0v) is 14.6. The van der Waals surface area contributed by atoms with Crippen molar-refractivity contribution in [2.75, 3.05) is 16.6 Å². The number of sulfonamides is 1. The van der Waals surface area contributed by atoms with Gasteiger partial charge in [-0.25, -0.2) is 8.42 Å². The fourth-order valence-corrected chi connectivity index (χ4v) is 3.50. The Labute approximate surface area is 141 Å². The van der Waals surface area contributed by atoms with Crippen LogP contribution in [0.3, 0.4) is 0 Å². The molecule has 0 aromatic heterocycles. The van der Waals surface area contributed by atoms with Crippen molar-refractivity contribution in [1.29, 1.82) is 0 Å². The second kappa shape index (κ2) is 7.35. The lowest BCUT2D eigenvalue weighted by Crippen LogP contribution is -2.15. The molecule has 7 heteroatoms. The molecular formula is C17H20N2O4S. The molecule has 0 bridgehead atoms. The van der Waals surface area contributed by atoms with Crippen LogP contribution >= 0.6 is 0 Å². The molecule has 0 aliphatic rings. The zero-order valence-electron chi connectivity index (χ0n) is 13.8. The number of anilines is 2. The summed E-state index contributed by atoms with van der Waals surface area (Å²) in [5.74, 6) is 0.408. The monoisotopic (exact) mass is 348 g/mol. The third-order valence-corrected chi connectivity index (χ3v) is 4.74. The van der Waals surface area contributed by atoms with Crippen LogP contribution in [-0.4, -0.2) is 20.9 Å².